The van der Waals surface area contributed by atoms with Gasteiger partial charge in [0.1, 0.15) is 6.54 Å². The Bertz CT molecular complexity index is 634. The zero-order valence-electron chi connectivity index (χ0n) is 15.6. The Morgan fingerprint density at radius 3 is 2.32 bits per heavy atom. The second-order valence-corrected chi connectivity index (χ2v) is 8.82. The smallest absolute Gasteiger partial charge is 0.325 e. The van der Waals surface area contributed by atoms with Gasteiger partial charge >= 0.3 is 5.97 Å². The van der Waals surface area contributed by atoms with Crippen LogP contribution in [-0.4, -0.2) is 25.0 Å². The molecule has 2 fully saturated rings. The van der Waals surface area contributed by atoms with Crippen molar-refractivity contribution in [3.05, 3.63) is 35.4 Å². The highest BCUT2D eigenvalue weighted by Crippen LogP contribution is 2.54. The minimum atomic E-state index is -0.343. The number of nitrogens with one attached hydrogen (secondary N) is 1. The largest absolute Gasteiger partial charge is 0.464 e. The van der Waals surface area contributed by atoms with Crippen molar-refractivity contribution in [2.75, 3.05) is 13.2 Å². The molecule has 25 heavy (non-hydrogen) atoms. The Balaban J connectivity index is 1.44. The van der Waals surface area contributed by atoms with E-state index < -0.39 is 0 Å². The molecular weight excluding hydrogens is 314 g/mol. The molecule has 2 aliphatic rings. The fourth-order valence-electron chi connectivity index (χ4n) is 4.17. The van der Waals surface area contributed by atoms with Gasteiger partial charge in [0, 0.05) is 11.0 Å². The number of esters is 1. The normalized spacial score (nSPS) is 25.0. The standard InChI is InChI=1S/C21H29NO3/c1-20(2,3)17-6-4-16(5-7-17)19(24)22-13-18(23)25-14-21-10-8-15(12-21)9-11-21/h4-7,15H,8-14H2,1-3H3,(H,22,24). The third-order valence-corrected chi connectivity index (χ3v) is 5.83. The van der Waals surface area contributed by atoms with Crippen molar-refractivity contribution in [1.29, 1.82) is 0 Å². The predicted molar refractivity (Wildman–Crippen MR) is 97.4 cm³/mol. The number of benzene rings is 1. The molecule has 0 unspecified atom stereocenters. The molecule has 0 radical (unpaired) electrons. The Labute approximate surface area is 150 Å². The lowest BCUT2D eigenvalue weighted by atomic mass is 9.85. The summed E-state index contributed by atoms with van der Waals surface area (Å²) in [5.74, 6) is 0.260. The minimum Gasteiger partial charge on any atom is -0.464 e. The molecular formula is C21H29NO3. The molecule has 1 aromatic carbocycles. The summed E-state index contributed by atoms with van der Waals surface area (Å²) in [6.07, 6.45) is 6.11. The first-order valence-corrected chi connectivity index (χ1v) is 9.32. The van der Waals surface area contributed by atoms with Crippen molar-refractivity contribution in [3.8, 4) is 0 Å². The summed E-state index contributed by atoms with van der Waals surface area (Å²) in [5, 5.41) is 2.66. The zero-order chi connectivity index (χ0) is 18.1. The van der Waals surface area contributed by atoms with E-state index in [1.807, 2.05) is 12.1 Å². The van der Waals surface area contributed by atoms with Gasteiger partial charge in [0.15, 0.2) is 0 Å². The number of hydrogen-bond donors (Lipinski definition) is 1. The molecule has 1 amide bonds. The van der Waals surface area contributed by atoms with Crippen LogP contribution in [0.5, 0.6) is 0 Å². The molecule has 4 heteroatoms. The van der Waals surface area contributed by atoms with Gasteiger partial charge in [-0.05, 0) is 61.1 Å². The molecule has 0 atom stereocenters. The van der Waals surface area contributed by atoms with Gasteiger partial charge in [0.05, 0.1) is 6.61 Å². The Morgan fingerprint density at radius 1 is 1.16 bits per heavy atom. The van der Waals surface area contributed by atoms with Crippen molar-refractivity contribution in [3.63, 3.8) is 0 Å². The van der Waals surface area contributed by atoms with Gasteiger partial charge in [-0.2, -0.15) is 0 Å². The number of rotatable bonds is 5. The lowest BCUT2D eigenvalue weighted by molar-refractivity contribution is -0.145. The van der Waals surface area contributed by atoms with Gasteiger partial charge in [-0.1, -0.05) is 32.9 Å². The van der Waals surface area contributed by atoms with E-state index in [0.717, 1.165) is 5.92 Å². The van der Waals surface area contributed by atoms with Gasteiger partial charge in [-0.3, -0.25) is 9.59 Å². The molecule has 0 aromatic heterocycles. The van der Waals surface area contributed by atoms with Gasteiger partial charge < -0.3 is 10.1 Å². The topological polar surface area (TPSA) is 55.4 Å². The second-order valence-electron chi connectivity index (χ2n) is 8.82. The van der Waals surface area contributed by atoms with Crippen molar-refractivity contribution >= 4 is 11.9 Å². The Hall–Kier alpha value is -1.84. The average Bonchev–Trinajstić information content (AvgIpc) is 3.18. The first kappa shape index (κ1) is 18.0. The first-order valence-electron chi connectivity index (χ1n) is 9.32. The van der Waals surface area contributed by atoms with Crippen molar-refractivity contribution < 1.29 is 14.3 Å². The van der Waals surface area contributed by atoms with Gasteiger partial charge in [-0.25, -0.2) is 0 Å². The summed E-state index contributed by atoms with van der Waals surface area (Å²) in [6.45, 7) is 6.84. The predicted octanol–water partition coefficient (Wildman–Crippen LogP) is 3.84. The fraction of sp³-hybridized carbons (Fsp3) is 0.619. The monoisotopic (exact) mass is 343 g/mol. The van der Waals surface area contributed by atoms with Crippen LogP contribution < -0.4 is 5.32 Å². The van der Waals surface area contributed by atoms with E-state index in [2.05, 4.69) is 26.1 Å². The van der Waals surface area contributed by atoms with E-state index >= 15 is 0 Å². The summed E-state index contributed by atoms with van der Waals surface area (Å²) >= 11 is 0. The van der Waals surface area contributed by atoms with E-state index in [-0.39, 0.29) is 29.3 Å². The maximum atomic E-state index is 12.2. The van der Waals surface area contributed by atoms with E-state index in [1.165, 1.54) is 37.7 Å². The van der Waals surface area contributed by atoms with Crippen molar-refractivity contribution in [1.82, 2.24) is 5.32 Å². The first-order chi connectivity index (χ1) is 11.8. The molecule has 2 aliphatic carbocycles. The van der Waals surface area contributed by atoms with Gasteiger partial charge in [0.25, 0.3) is 5.91 Å². The molecule has 0 heterocycles. The lowest BCUT2D eigenvalue weighted by Gasteiger charge is -2.25. The number of amides is 1. The van der Waals surface area contributed by atoms with Crippen LogP contribution in [0.1, 0.15) is 68.8 Å². The lowest BCUT2D eigenvalue weighted by Crippen LogP contribution is -2.33. The molecule has 2 bridgehead atoms. The number of fused-ring (bicyclic) bond motifs is 2. The molecule has 2 saturated carbocycles. The van der Waals surface area contributed by atoms with E-state index in [1.54, 1.807) is 12.1 Å². The molecule has 3 rings (SSSR count). The van der Waals surface area contributed by atoms with Crippen LogP contribution in [0.3, 0.4) is 0 Å². The maximum absolute atomic E-state index is 12.2. The van der Waals surface area contributed by atoms with E-state index in [4.69, 9.17) is 4.74 Å². The minimum absolute atomic E-state index is 0.0533. The van der Waals surface area contributed by atoms with Crippen LogP contribution in [0.4, 0.5) is 0 Å². The summed E-state index contributed by atoms with van der Waals surface area (Å²) in [4.78, 5) is 24.1. The fourth-order valence-corrected chi connectivity index (χ4v) is 4.17. The third kappa shape index (κ3) is 4.23. The molecule has 0 aliphatic heterocycles. The second kappa shape index (κ2) is 6.81. The van der Waals surface area contributed by atoms with Crippen LogP contribution in [-0.2, 0) is 14.9 Å². The summed E-state index contributed by atoms with van der Waals surface area (Å²) < 4.78 is 5.44. The van der Waals surface area contributed by atoms with Gasteiger partial charge in [-0.15, -0.1) is 0 Å². The Morgan fingerprint density at radius 2 is 1.80 bits per heavy atom. The molecule has 136 valence electrons. The SMILES string of the molecule is CC(C)(C)c1ccc(C(=O)NCC(=O)OCC23CCC(CC2)C3)cc1. The van der Waals surface area contributed by atoms with Crippen LogP contribution in [0.25, 0.3) is 0 Å². The van der Waals surface area contributed by atoms with Crippen LogP contribution in [0, 0.1) is 11.3 Å². The zero-order valence-corrected chi connectivity index (χ0v) is 15.6. The number of ether oxygens (including phenoxy) is 1. The summed E-state index contributed by atoms with van der Waals surface area (Å²) in [5.41, 5.74) is 2.02. The van der Waals surface area contributed by atoms with Crippen molar-refractivity contribution in [2.24, 2.45) is 11.3 Å². The molecule has 0 spiro atoms. The van der Waals surface area contributed by atoms with Crippen LogP contribution in [0.2, 0.25) is 0 Å². The highest BCUT2D eigenvalue weighted by Gasteiger charge is 2.45. The van der Waals surface area contributed by atoms with Gasteiger partial charge in [0.2, 0.25) is 0 Å². The number of hydrogen-bond acceptors (Lipinski definition) is 3. The average molecular weight is 343 g/mol. The maximum Gasteiger partial charge on any atom is 0.325 e. The van der Waals surface area contributed by atoms with E-state index in [0.29, 0.717) is 12.2 Å². The molecule has 0 saturated heterocycles. The third-order valence-electron chi connectivity index (χ3n) is 5.83. The van der Waals surface area contributed by atoms with Crippen LogP contribution >= 0.6 is 0 Å². The summed E-state index contributed by atoms with van der Waals surface area (Å²) in [6, 6.07) is 7.53. The molecule has 1 N–H and O–H groups in total. The van der Waals surface area contributed by atoms with E-state index in [9.17, 15) is 9.59 Å². The number of carbonyl (C=O) groups is 2. The Kier molecular flexibility index (Phi) is 4.90. The summed E-state index contributed by atoms with van der Waals surface area (Å²) in [7, 11) is 0. The number of carbonyl (C=O) groups excluding carboxylic acids is 2. The molecule has 4 nitrogen and oxygen atoms in total. The van der Waals surface area contributed by atoms with Crippen LogP contribution in [0.15, 0.2) is 24.3 Å². The highest BCUT2D eigenvalue weighted by molar-refractivity contribution is 5.95. The highest BCUT2D eigenvalue weighted by atomic mass is 16.5. The van der Waals surface area contributed by atoms with Crippen molar-refractivity contribution in [2.45, 2.75) is 58.3 Å². The molecule has 1 aromatic rings. The quantitative estimate of drug-likeness (QED) is 0.827.